The molecular formula is C28H23FN4O3S2. The van der Waals surface area contributed by atoms with Crippen molar-refractivity contribution >= 4 is 48.3 Å². The number of benzene rings is 3. The zero-order chi connectivity index (χ0) is 26.7. The number of nitrogens with zero attached hydrogens (tertiary/aromatic N) is 4. The van der Waals surface area contributed by atoms with E-state index in [2.05, 4.69) is 9.97 Å². The van der Waals surface area contributed by atoms with Crippen LogP contribution in [-0.2, 0) is 16.6 Å². The number of para-hydroxylation sites is 1. The Morgan fingerprint density at radius 2 is 1.74 bits per heavy atom. The molecule has 2 heterocycles. The fourth-order valence-corrected chi connectivity index (χ4v) is 6.50. The van der Waals surface area contributed by atoms with Gasteiger partial charge in [-0.25, -0.2) is 17.8 Å². The summed E-state index contributed by atoms with van der Waals surface area (Å²) in [4.78, 5) is 24.0. The number of hydrogen-bond donors (Lipinski definition) is 0. The molecule has 0 fully saturated rings. The number of rotatable bonds is 8. The van der Waals surface area contributed by atoms with Crippen LogP contribution in [0, 0.1) is 5.82 Å². The van der Waals surface area contributed by atoms with Crippen LogP contribution in [0.3, 0.4) is 0 Å². The fraction of sp³-hybridized carbons (Fsp3) is 0.107. The van der Waals surface area contributed by atoms with Gasteiger partial charge in [0, 0.05) is 24.5 Å². The van der Waals surface area contributed by atoms with Gasteiger partial charge in [-0.05, 0) is 73.2 Å². The molecule has 0 bridgehead atoms. The third-order valence-electron chi connectivity index (χ3n) is 5.90. The molecule has 5 rings (SSSR count). The van der Waals surface area contributed by atoms with Gasteiger partial charge in [-0.3, -0.25) is 19.0 Å². The molecule has 0 unspecified atom stereocenters. The lowest BCUT2D eigenvalue weighted by Gasteiger charge is -2.23. The monoisotopic (exact) mass is 546 g/mol. The molecular weight excluding hydrogens is 523 g/mol. The SMILES string of the molecule is CCN(c1ccccc1)S(=O)(=O)c1ccc(C(=O)N(Cc2cccnc2)c2nc3ccc(F)cc3s2)cc1. The Kier molecular flexibility index (Phi) is 7.17. The quantitative estimate of drug-likeness (QED) is 0.242. The Morgan fingerprint density at radius 1 is 0.974 bits per heavy atom. The number of aromatic nitrogens is 2. The highest BCUT2D eigenvalue weighted by Crippen LogP contribution is 2.32. The zero-order valence-corrected chi connectivity index (χ0v) is 22.0. The van der Waals surface area contributed by atoms with E-state index in [1.54, 1.807) is 55.7 Å². The molecule has 0 spiro atoms. The van der Waals surface area contributed by atoms with E-state index in [-0.39, 0.29) is 29.7 Å². The van der Waals surface area contributed by atoms with Crippen molar-refractivity contribution in [1.29, 1.82) is 0 Å². The van der Waals surface area contributed by atoms with Gasteiger partial charge in [0.05, 0.1) is 27.3 Å². The second-order valence-corrected chi connectivity index (χ2v) is 11.3. The number of hydrogen-bond acceptors (Lipinski definition) is 6. The molecule has 3 aromatic carbocycles. The predicted molar refractivity (Wildman–Crippen MR) is 147 cm³/mol. The molecule has 38 heavy (non-hydrogen) atoms. The van der Waals surface area contributed by atoms with Crippen LogP contribution in [-0.4, -0.2) is 30.8 Å². The molecule has 5 aromatic rings. The van der Waals surface area contributed by atoms with E-state index in [1.807, 2.05) is 12.1 Å². The van der Waals surface area contributed by atoms with Gasteiger partial charge in [-0.15, -0.1) is 0 Å². The summed E-state index contributed by atoms with van der Waals surface area (Å²) in [7, 11) is -3.83. The van der Waals surface area contributed by atoms with E-state index in [9.17, 15) is 17.6 Å². The zero-order valence-electron chi connectivity index (χ0n) is 20.4. The first-order valence-corrected chi connectivity index (χ1v) is 14.1. The number of amides is 1. The molecule has 192 valence electrons. The Bertz CT molecular complexity index is 1680. The average molecular weight is 547 g/mol. The average Bonchev–Trinajstić information content (AvgIpc) is 3.36. The van der Waals surface area contributed by atoms with Crippen LogP contribution in [0.2, 0.25) is 0 Å². The molecule has 0 atom stereocenters. The minimum absolute atomic E-state index is 0.0778. The van der Waals surface area contributed by atoms with Crippen molar-refractivity contribution in [3.05, 3.63) is 114 Å². The topological polar surface area (TPSA) is 83.5 Å². The number of anilines is 2. The summed E-state index contributed by atoms with van der Waals surface area (Å²) in [6, 6.07) is 22.6. The number of carbonyl (C=O) groups excluding carboxylic acids is 1. The Morgan fingerprint density at radius 3 is 2.42 bits per heavy atom. The van der Waals surface area contributed by atoms with E-state index in [1.165, 1.54) is 56.9 Å². The van der Waals surface area contributed by atoms with E-state index in [0.717, 1.165) is 5.56 Å². The lowest BCUT2D eigenvalue weighted by molar-refractivity contribution is 0.0985. The predicted octanol–water partition coefficient (Wildman–Crippen LogP) is 5.89. The van der Waals surface area contributed by atoms with E-state index >= 15 is 0 Å². The highest BCUT2D eigenvalue weighted by Gasteiger charge is 2.26. The van der Waals surface area contributed by atoms with Crippen molar-refractivity contribution in [2.75, 3.05) is 15.7 Å². The molecule has 1 amide bonds. The third kappa shape index (κ3) is 5.13. The maximum Gasteiger partial charge on any atom is 0.264 e. The van der Waals surface area contributed by atoms with Gasteiger partial charge < -0.3 is 0 Å². The maximum absolute atomic E-state index is 13.8. The van der Waals surface area contributed by atoms with Gasteiger partial charge in [-0.1, -0.05) is 35.6 Å². The van der Waals surface area contributed by atoms with E-state index in [4.69, 9.17) is 0 Å². The lowest BCUT2D eigenvalue weighted by Crippen LogP contribution is -2.31. The summed E-state index contributed by atoms with van der Waals surface area (Å²) in [5.41, 5.74) is 2.22. The highest BCUT2D eigenvalue weighted by molar-refractivity contribution is 7.92. The number of pyridine rings is 1. The second kappa shape index (κ2) is 10.7. The summed E-state index contributed by atoms with van der Waals surface area (Å²) in [6.45, 7) is 2.21. The minimum Gasteiger partial charge on any atom is -0.279 e. The first-order valence-electron chi connectivity index (χ1n) is 11.8. The normalized spacial score (nSPS) is 11.4. The molecule has 2 aromatic heterocycles. The number of thiazole rings is 1. The first kappa shape index (κ1) is 25.5. The Hall–Kier alpha value is -4.15. The van der Waals surface area contributed by atoms with Crippen LogP contribution in [0.15, 0.2) is 102 Å². The number of sulfonamides is 1. The Labute approximate surface area is 223 Å². The van der Waals surface area contributed by atoms with Gasteiger partial charge in [0.15, 0.2) is 5.13 Å². The molecule has 0 aliphatic carbocycles. The molecule has 10 heteroatoms. The molecule has 0 saturated heterocycles. The number of halogens is 1. The van der Waals surface area contributed by atoms with Crippen LogP contribution in [0.1, 0.15) is 22.8 Å². The molecule has 0 radical (unpaired) electrons. The van der Waals surface area contributed by atoms with Gasteiger partial charge in [0.25, 0.3) is 15.9 Å². The molecule has 0 aliphatic rings. The lowest BCUT2D eigenvalue weighted by atomic mass is 10.2. The fourth-order valence-electron chi connectivity index (χ4n) is 4.04. The summed E-state index contributed by atoms with van der Waals surface area (Å²) in [5.74, 6) is -0.751. The molecule has 0 saturated carbocycles. The second-order valence-electron chi connectivity index (χ2n) is 8.39. The van der Waals surface area contributed by atoms with E-state index in [0.29, 0.717) is 26.6 Å². The van der Waals surface area contributed by atoms with Gasteiger partial charge in [0.1, 0.15) is 5.82 Å². The Balaban J connectivity index is 1.48. The minimum atomic E-state index is -3.83. The van der Waals surface area contributed by atoms with Crippen LogP contribution >= 0.6 is 11.3 Å². The van der Waals surface area contributed by atoms with Crippen molar-refractivity contribution in [2.45, 2.75) is 18.4 Å². The van der Waals surface area contributed by atoms with Gasteiger partial charge in [0.2, 0.25) is 0 Å². The summed E-state index contributed by atoms with van der Waals surface area (Å²) in [6.07, 6.45) is 3.30. The van der Waals surface area contributed by atoms with Gasteiger partial charge in [-0.2, -0.15) is 0 Å². The summed E-state index contributed by atoms with van der Waals surface area (Å²) >= 11 is 1.20. The van der Waals surface area contributed by atoms with Crippen LogP contribution in [0.25, 0.3) is 10.2 Å². The largest absolute Gasteiger partial charge is 0.279 e. The number of fused-ring (bicyclic) bond motifs is 1. The van der Waals surface area contributed by atoms with Gasteiger partial charge >= 0.3 is 0 Å². The van der Waals surface area contributed by atoms with Crippen molar-refractivity contribution in [2.24, 2.45) is 0 Å². The van der Waals surface area contributed by atoms with Crippen LogP contribution < -0.4 is 9.21 Å². The van der Waals surface area contributed by atoms with Crippen molar-refractivity contribution in [3.63, 3.8) is 0 Å². The third-order valence-corrected chi connectivity index (χ3v) is 8.86. The van der Waals surface area contributed by atoms with Crippen molar-refractivity contribution < 1.29 is 17.6 Å². The molecule has 7 nitrogen and oxygen atoms in total. The van der Waals surface area contributed by atoms with Crippen molar-refractivity contribution in [3.8, 4) is 0 Å². The molecule has 0 N–H and O–H groups in total. The maximum atomic E-state index is 13.8. The van der Waals surface area contributed by atoms with Crippen LogP contribution in [0.4, 0.5) is 15.2 Å². The van der Waals surface area contributed by atoms with Crippen LogP contribution in [0.5, 0.6) is 0 Å². The number of carbonyl (C=O) groups is 1. The van der Waals surface area contributed by atoms with Crippen molar-refractivity contribution in [1.82, 2.24) is 9.97 Å². The smallest absolute Gasteiger partial charge is 0.264 e. The van der Waals surface area contributed by atoms with E-state index < -0.39 is 10.0 Å². The summed E-state index contributed by atoms with van der Waals surface area (Å²) in [5, 5.41) is 0.400. The summed E-state index contributed by atoms with van der Waals surface area (Å²) < 4.78 is 42.4. The molecule has 0 aliphatic heterocycles. The standard InChI is InChI=1S/C28H23FN4O3S2/c1-2-33(23-8-4-3-5-9-23)38(35,36)24-13-10-21(11-14-24)27(34)32(19-20-7-6-16-30-18-20)28-31-25-15-12-22(29)17-26(25)37-28/h3-18H,2,19H2,1H3. The highest BCUT2D eigenvalue weighted by atomic mass is 32.2. The first-order chi connectivity index (χ1) is 18.4.